The van der Waals surface area contributed by atoms with E-state index in [2.05, 4.69) is 54.5 Å². The summed E-state index contributed by atoms with van der Waals surface area (Å²) in [5.74, 6) is 1.51. The molecule has 0 saturated heterocycles. The summed E-state index contributed by atoms with van der Waals surface area (Å²) in [5, 5.41) is 7.21. The fraction of sp³-hybridized carbons (Fsp3) is 0.263. The van der Waals surface area contributed by atoms with Gasteiger partial charge in [0.25, 0.3) is 0 Å². The number of fused-ring (bicyclic) bond motifs is 1. The zero-order chi connectivity index (χ0) is 17.1. The topological polar surface area (TPSA) is 34.9 Å². The molecule has 0 radical (unpaired) electrons. The van der Waals surface area contributed by atoms with E-state index >= 15 is 0 Å². The van der Waals surface area contributed by atoms with E-state index in [-0.39, 0.29) is 5.12 Å². The molecule has 0 saturated carbocycles. The molecular formula is C19H20N2OS2. The van der Waals surface area contributed by atoms with Crippen LogP contribution in [0.4, 0.5) is 0 Å². The average molecular weight is 357 g/mol. The Hall–Kier alpha value is -1.72. The SMILES string of the molecule is CC(=O)SCc1cc(CSc2cc(C)c3ccccc3c2)n(C)n1. The average Bonchev–Trinajstić information content (AvgIpc) is 2.91. The largest absolute Gasteiger partial charge is 0.288 e. The van der Waals surface area contributed by atoms with E-state index in [1.54, 1.807) is 6.92 Å². The standard InChI is InChI=1S/C19H20N2OS2/c1-13-8-18(9-15-6-4-5-7-19(13)15)24-12-17-10-16(20-21(17)3)11-23-14(2)22/h4-10H,11-12H2,1-3H3. The van der Waals surface area contributed by atoms with E-state index in [0.29, 0.717) is 5.75 Å². The Balaban J connectivity index is 1.73. The number of nitrogens with zero attached hydrogens (tertiary/aromatic N) is 2. The van der Waals surface area contributed by atoms with Gasteiger partial charge in [-0.15, -0.1) is 11.8 Å². The highest BCUT2D eigenvalue weighted by molar-refractivity contribution is 8.12. The lowest BCUT2D eigenvalue weighted by Crippen LogP contribution is -1.96. The Morgan fingerprint density at radius 1 is 1.17 bits per heavy atom. The second-order valence-corrected chi connectivity index (χ2v) is 7.98. The van der Waals surface area contributed by atoms with E-state index in [0.717, 1.165) is 11.4 Å². The van der Waals surface area contributed by atoms with Gasteiger partial charge in [0.1, 0.15) is 0 Å². The van der Waals surface area contributed by atoms with Crippen LogP contribution in [-0.2, 0) is 23.3 Å². The number of aromatic nitrogens is 2. The first kappa shape index (κ1) is 17.1. The minimum atomic E-state index is 0.128. The van der Waals surface area contributed by atoms with Crippen LogP contribution in [0.3, 0.4) is 0 Å². The summed E-state index contributed by atoms with van der Waals surface area (Å²) in [6, 6.07) is 15.1. The van der Waals surface area contributed by atoms with Crippen molar-refractivity contribution in [2.24, 2.45) is 7.05 Å². The first-order chi connectivity index (χ1) is 11.5. The van der Waals surface area contributed by atoms with Crippen LogP contribution in [0.25, 0.3) is 10.8 Å². The number of thioether (sulfide) groups is 2. The van der Waals surface area contributed by atoms with Gasteiger partial charge in [0, 0.05) is 36.1 Å². The van der Waals surface area contributed by atoms with Gasteiger partial charge in [-0.2, -0.15) is 5.10 Å². The number of hydrogen-bond donors (Lipinski definition) is 0. The van der Waals surface area contributed by atoms with Crippen molar-refractivity contribution < 1.29 is 4.79 Å². The molecule has 1 heterocycles. The molecular weight excluding hydrogens is 336 g/mol. The fourth-order valence-corrected chi connectivity index (χ4v) is 4.21. The fourth-order valence-electron chi connectivity index (χ4n) is 2.66. The highest BCUT2D eigenvalue weighted by atomic mass is 32.2. The summed E-state index contributed by atoms with van der Waals surface area (Å²) in [5.41, 5.74) is 3.44. The molecule has 0 aliphatic rings. The molecule has 3 rings (SSSR count). The molecule has 0 aliphatic heterocycles. The van der Waals surface area contributed by atoms with E-state index in [9.17, 15) is 4.79 Å². The summed E-state index contributed by atoms with van der Waals surface area (Å²) < 4.78 is 1.91. The molecule has 0 unspecified atom stereocenters. The minimum absolute atomic E-state index is 0.128. The van der Waals surface area contributed by atoms with Crippen LogP contribution in [-0.4, -0.2) is 14.9 Å². The predicted octanol–water partition coefficient (Wildman–Crippen LogP) is 4.95. The van der Waals surface area contributed by atoms with Crippen LogP contribution in [0.2, 0.25) is 0 Å². The second-order valence-electron chi connectivity index (χ2n) is 5.78. The summed E-state index contributed by atoms with van der Waals surface area (Å²) >= 11 is 3.12. The number of aryl methyl sites for hydroxylation is 2. The lowest BCUT2D eigenvalue weighted by molar-refractivity contribution is -0.109. The third kappa shape index (κ3) is 4.02. The lowest BCUT2D eigenvalue weighted by Gasteiger charge is -2.07. The number of carbonyl (C=O) groups is 1. The van der Waals surface area contributed by atoms with Gasteiger partial charge >= 0.3 is 0 Å². The number of carbonyl (C=O) groups excluding carboxylic acids is 1. The van der Waals surface area contributed by atoms with Crippen molar-refractivity contribution in [3.8, 4) is 0 Å². The van der Waals surface area contributed by atoms with Crippen molar-refractivity contribution >= 4 is 39.4 Å². The van der Waals surface area contributed by atoms with Gasteiger partial charge in [-0.3, -0.25) is 9.48 Å². The first-order valence-corrected chi connectivity index (χ1v) is 9.77. The van der Waals surface area contributed by atoms with Crippen molar-refractivity contribution in [2.45, 2.75) is 30.2 Å². The zero-order valence-electron chi connectivity index (χ0n) is 14.1. The number of benzene rings is 2. The lowest BCUT2D eigenvalue weighted by atomic mass is 10.1. The molecule has 0 amide bonds. The Morgan fingerprint density at radius 2 is 1.96 bits per heavy atom. The normalized spacial score (nSPS) is 11.1. The highest BCUT2D eigenvalue weighted by Gasteiger charge is 2.08. The van der Waals surface area contributed by atoms with Crippen LogP contribution in [0, 0.1) is 6.92 Å². The summed E-state index contributed by atoms with van der Waals surface area (Å²) in [6.45, 7) is 3.75. The van der Waals surface area contributed by atoms with E-state index in [1.165, 1.54) is 38.7 Å². The Bertz CT molecular complexity index is 886. The van der Waals surface area contributed by atoms with Crippen molar-refractivity contribution in [1.82, 2.24) is 9.78 Å². The zero-order valence-corrected chi connectivity index (χ0v) is 15.7. The van der Waals surface area contributed by atoms with E-state index in [1.807, 2.05) is 23.5 Å². The smallest absolute Gasteiger partial charge is 0.186 e. The molecule has 124 valence electrons. The summed E-state index contributed by atoms with van der Waals surface area (Å²) in [7, 11) is 1.96. The quantitative estimate of drug-likeness (QED) is 0.606. The molecule has 3 aromatic rings. The van der Waals surface area contributed by atoms with Gasteiger partial charge in [-0.05, 0) is 41.5 Å². The van der Waals surface area contributed by atoms with Gasteiger partial charge in [0.2, 0.25) is 0 Å². The van der Waals surface area contributed by atoms with Gasteiger partial charge < -0.3 is 0 Å². The molecule has 1 aromatic heterocycles. The molecule has 0 bridgehead atoms. The first-order valence-electron chi connectivity index (χ1n) is 7.80. The number of hydrogen-bond acceptors (Lipinski definition) is 4. The van der Waals surface area contributed by atoms with Crippen molar-refractivity contribution in [2.75, 3.05) is 0 Å². The van der Waals surface area contributed by atoms with Gasteiger partial charge in [-0.25, -0.2) is 0 Å². The van der Waals surface area contributed by atoms with Gasteiger partial charge in [0.05, 0.1) is 5.69 Å². The molecule has 0 spiro atoms. The Morgan fingerprint density at radius 3 is 2.75 bits per heavy atom. The summed E-state index contributed by atoms with van der Waals surface area (Å²) in [4.78, 5) is 12.4. The molecule has 3 nitrogen and oxygen atoms in total. The van der Waals surface area contributed by atoms with Crippen LogP contribution in [0.15, 0.2) is 47.4 Å². The van der Waals surface area contributed by atoms with Crippen LogP contribution >= 0.6 is 23.5 Å². The summed E-state index contributed by atoms with van der Waals surface area (Å²) in [6.07, 6.45) is 0. The molecule has 5 heteroatoms. The maximum absolute atomic E-state index is 11.1. The van der Waals surface area contributed by atoms with E-state index < -0.39 is 0 Å². The third-order valence-corrected chi connectivity index (χ3v) is 5.74. The Kier molecular flexibility index (Phi) is 5.31. The van der Waals surface area contributed by atoms with Crippen molar-refractivity contribution in [1.29, 1.82) is 0 Å². The van der Waals surface area contributed by atoms with E-state index in [4.69, 9.17) is 0 Å². The Labute approximate surface area is 150 Å². The molecule has 0 atom stereocenters. The highest BCUT2D eigenvalue weighted by Crippen LogP contribution is 2.29. The molecule has 0 N–H and O–H groups in total. The number of rotatable bonds is 5. The molecule has 0 fully saturated rings. The van der Waals surface area contributed by atoms with Crippen LogP contribution in [0.1, 0.15) is 23.9 Å². The maximum Gasteiger partial charge on any atom is 0.186 e. The van der Waals surface area contributed by atoms with Crippen LogP contribution < -0.4 is 0 Å². The minimum Gasteiger partial charge on any atom is -0.288 e. The van der Waals surface area contributed by atoms with Crippen molar-refractivity contribution in [3.05, 3.63) is 59.4 Å². The maximum atomic E-state index is 11.1. The third-order valence-electron chi connectivity index (χ3n) is 3.88. The van der Waals surface area contributed by atoms with Crippen molar-refractivity contribution in [3.63, 3.8) is 0 Å². The molecule has 24 heavy (non-hydrogen) atoms. The molecule has 0 aliphatic carbocycles. The van der Waals surface area contributed by atoms with Gasteiger partial charge in [-0.1, -0.05) is 36.0 Å². The van der Waals surface area contributed by atoms with Gasteiger partial charge in [0.15, 0.2) is 5.12 Å². The molecule has 2 aromatic carbocycles. The monoisotopic (exact) mass is 356 g/mol. The predicted molar refractivity (Wildman–Crippen MR) is 103 cm³/mol. The second kappa shape index (κ2) is 7.45. The van der Waals surface area contributed by atoms with Crippen LogP contribution in [0.5, 0.6) is 0 Å².